The molecule has 1 aliphatic carbocycles. The summed E-state index contributed by atoms with van der Waals surface area (Å²) in [4.78, 5) is 5.62. The first kappa shape index (κ1) is 12.4. The van der Waals surface area contributed by atoms with E-state index in [-0.39, 0.29) is 0 Å². The van der Waals surface area contributed by atoms with Gasteiger partial charge in [-0.3, -0.25) is 4.84 Å². The van der Waals surface area contributed by atoms with E-state index < -0.39 is 0 Å². The molecule has 0 unspecified atom stereocenters. The Bertz CT molecular complexity index is 359. The second kappa shape index (κ2) is 6.03. The van der Waals surface area contributed by atoms with Gasteiger partial charge in [0.25, 0.3) is 0 Å². The van der Waals surface area contributed by atoms with Crippen molar-refractivity contribution in [2.24, 2.45) is 0 Å². The van der Waals surface area contributed by atoms with Crippen LogP contribution in [0.3, 0.4) is 0 Å². The molecule has 94 valence electrons. The summed E-state index contributed by atoms with van der Waals surface area (Å²) in [7, 11) is 1.70. The molecule has 0 atom stereocenters. The van der Waals surface area contributed by atoms with Crippen LogP contribution in [-0.4, -0.2) is 13.2 Å². The summed E-state index contributed by atoms with van der Waals surface area (Å²) in [6.07, 6.45) is 5.39. The third-order valence-electron chi connectivity index (χ3n) is 3.29. The van der Waals surface area contributed by atoms with E-state index in [4.69, 9.17) is 9.57 Å². The van der Waals surface area contributed by atoms with Crippen molar-refractivity contribution in [2.75, 3.05) is 7.11 Å². The maximum atomic E-state index is 5.62. The number of rotatable bonds is 5. The fourth-order valence-corrected chi connectivity index (χ4v) is 2.30. The van der Waals surface area contributed by atoms with Crippen LogP contribution in [0.25, 0.3) is 0 Å². The number of aryl methyl sites for hydroxylation is 1. The Hall–Kier alpha value is -1.06. The molecule has 3 heteroatoms. The van der Waals surface area contributed by atoms with Gasteiger partial charge in [0.05, 0.1) is 13.2 Å². The highest BCUT2D eigenvalue weighted by Gasteiger charge is 2.15. The summed E-state index contributed by atoms with van der Waals surface area (Å²) >= 11 is 0. The zero-order valence-corrected chi connectivity index (χ0v) is 10.7. The van der Waals surface area contributed by atoms with Crippen LogP contribution in [0.2, 0.25) is 0 Å². The van der Waals surface area contributed by atoms with Crippen LogP contribution in [0.5, 0.6) is 5.75 Å². The fourth-order valence-electron chi connectivity index (χ4n) is 2.30. The number of methoxy groups -OCH3 is 1. The molecule has 2 rings (SSSR count). The van der Waals surface area contributed by atoms with Crippen molar-refractivity contribution >= 4 is 0 Å². The molecule has 0 radical (unpaired) electrons. The monoisotopic (exact) mass is 235 g/mol. The number of ether oxygens (including phenoxy) is 1. The Balaban J connectivity index is 1.80. The number of hydrogen-bond acceptors (Lipinski definition) is 3. The maximum Gasteiger partial charge on any atom is 0.121 e. The highest BCUT2D eigenvalue weighted by Crippen LogP contribution is 2.21. The van der Waals surface area contributed by atoms with Crippen LogP contribution >= 0.6 is 0 Å². The minimum absolute atomic E-state index is 0.411. The number of benzene rings is 1. The fraction of sp³-hybridized carbons (Fsp3) is 0.571. The second-order valence-electron chi connectivity index (χ2n) is 4.65. The largest absolute Gasteiger partial charge is 0.496 e. The third-order valence-corrected chi connectivity index (χ3v) is 3.29. The smallest absolute Gasteiger partial charge is 0.121 e. The molecule has 1 saturated carbocycles. The summed E-state index contributed by atoms with van der Waals surface area (Å²) < 4.78 is 5.23. The summed E-state index contributed by atoms with van der Waals surface area (Å²) in [5.41, 5.74) is 5.45. The van der Waals surface area contributed by atoms with E-state index >= 15 is 0 Å². The van der Waals surface area contributed by atoms with Gasteiger partial charge in [-0.05, 0) is 37.0 Å². The van der Waals surface area contributed by atoms with Gasteiger partial charge in [0.15, 0.2) is 0 Å². The molecular formula is C14H21NO2. The normalized spacial score (nSPS) is 16.4. The highest BCUT2D eigenvalue weighted by molar-refractivity contribution is 5.35. The molecule has 0 saturated heterocycles. The van der Waals surface area contributed by atoms with Crippen molar-refractivity contribution in [3.8, 4) is 5.75 Å². The summed E-state index contributed by atoms with van der Waals surface area (Å²) in [5.74, 6) is 0.936. The summed E-state index contributed by atoms with van der Waals surface area (Å²) in [6, 6.07) is 6.20. The van der Waals surface area contributed by atoms with Gasteiger partial charge in [0.2, 0.25) is 0 Å². The van der Waals surface area contributed by atoms with Gasteiger partial charge in [-0.15, -0.1) is 0 Å². The predicted octanol–water partition coefficient (Wildman–Crippen LogP) is 2.97. The van der Waals surface area contributed by atoms with Crippen LogP contribution in [0.1, 0.15) is 36.8 Å². The van der Waals surface area contributed by atoms with E-state index in [0.717, 1.165) is 17.9 Å². The Kier molecular flexibility index (Phi) is 4.40. The Labute approximate surface area is 103 Å². The van der Waals surface area contributed by atoms with Crippen molar-refractivity contribution in [3.63, 3.8) is 0 Å². The predicted molar refractivity (Wildman–Crippen MR) is 67.9 cm³/mol. The lowest BCUT2D eigenvalue weighted by atomic mass is 10.1. The molecule has 0 heterocycles. The van der Waals surface area contributed by atoms with E-state index in [2.05, 4.69) is 24.5 Å². The van der Waals surface area contributed by atoms with Gasteiger partial charge in [-0.2, -0.15) is 5.48 Å². The topological polar surface area (TPSA) is 30.5 Å². The Morgan fingerprint density at radius 3 is 2.71 bits per heavy atom. The minimum atomic E-state index is 0.411. The summed E-state index contributed by atoms with van der Waals surface area (Å²) in [5, 5.41) is 0. The lowest BCUT2D eigenvalue weighted by Crippen LogP contribution is -2.21. The molecule has 1 aliphatic rings. The zero-order valence-electron chi connectivity index (χ0n) is 10.7. The molecule has 0 spiro atoms. The third kappa shape index (κ3) is 3.45. The van der Waals surface area contributed by atoms with Crippen molar-refractivity contribution in [3.05, 3.63) is 29.3 Å². The van der Waals surface area contributed by atoms with Gasteiger partial charge >= 0.3 is 0 Å². The van der Waals surface area contributed by atoms with Crippen molar-refractivity contribution in [2.45, 2.75) is 45.3 Å². The lowest BCUT2D eigenvalue weighted by molar-refractivity contribution is -0.0244. The zero-order chi connectivity index (χ0) is 12.1. The summed E-state index contributed by atoms with van der Waals surface area (Å²) in [6.45, 7) is 2.81. The molecule has 0 aromatic heterocycles. The van der Waals surface area contributed by atoms with Crippen molar-refractivity contribution in [1.29, 1.82) is 0 Å². The average molecular weight is 235 g/mol. The molecule has 17 heavy (non-hydrogen) atoms. The first-order chi connectivity index (χ1) is 8.29. The van der Waals surface area contributed by atoms with E-state index in [1.807, 2.05) is 6.07 Å². The van der Waals surface area contributed by atoms with Gasteiger partial charge in [0, 0.05) is 6.54 Å². The standard InChI is InChI=1S/C14H21NO2/c1-11-9-12(7-8-14(11)16-2)10-15-17-13-5-3-4-6-13/h7-9,13,15H,3-6,10H2,1-2H3. The van der Waals surface area contributed by atoms with Crippen LogP contribution in [0, 0.1) is 6.92 Å². The molecule has 1 aromatic carbocycles. The molecule has 0 bridgehead atoms. The quantitative estimate of drug-likeness (QED) is 0.796. The van der Waals surface area contributed by atoms with Crippen LogP contribution in [-0.2, 0) is 11.4 Å². The average Bonchev–Trinajstić information content (AvgIpc) is 2.82. The molecule has 0 aliphatic heterocycles. The van der Waals surface area contributed by atoms with Gasteiger partial charge in [0.1, 0.15) is 5.75 Å². The molecule has 1 fully saturated rings. The Morgan fingerprint density at radius 2 is 2.06 bits per heavy atom. The molecule has 1 N–H and O–H groups in total. The van der Waals surface area contributed by atoms with E-state index in [1.54, 1.807) is 7.11 Å². The van der Waals surface area contributed by atoms with Gasteiger partial charge in [-0.1, -0.05) is 25.0 Å². The highest BCUT2D eigenvalue weighted by atomic mass is 16.7. The van der Waals surface area contributed by atoms with Crippen molar-refractivity contribution in [1.82, 2.24) is 5.48 Å². The van der Waals surface area contributed by atoms with E-state index in [9.17, 15) is 0 Å². The van der Waals surface area contributed by atoms with E-state index in [0.29, 0.717) is 6.10 Å². The van der Waals surface area contributed by atoms with Crippen LogP contribution in [0.4, 0.5) is 0 Å². The molecular weight excluding hydrogens is 214 g/mol. The SMILES string of the molecule is COc1ccc(CNOC2CCCC2)cc1C. The maximum absolute atomic E-state index is 5.62. The van der Waals surface area contributed by atoms with E-state index in [1.165, 1.54) is 31.2 Å². The van der Waals surface area contributed by atoms with Crippen LogP contribution < -0.4 is 10.2 Å². The molecule has 3 nitrogen and oxygen atoms in total. The van der Waals surface area contributed by atoms with Gasteiger partial charge < -0.3 is 4.74 Å². The van der Waals surface area contributed by atoms with Crippen molar-refractivity contribution < 1.29 is 9.57 Å². The minimum Gasteiger partial charge on any atom is -0.496 e. The second-order valence-corrected chi connectivity index (χ2v) is 4.65. The molecule has 1 aromatic rings. The first-order valence-corrected chi connectivity index (χ1v) is 6.31. The number of nitrogens with one attached hydrogen (secondary N) is 1. The van der Waals surface area contributed by atoms with Crippen LogP contribution in [0.15, 0.2) is 18.2 Å². The molecule has 0 amide bonds. The first-order valence-electron chi connectivity index (χ1n) is 6.31. The lowest BCUT2D eigenvalue weighted by Gasteiger charge is -2.12. The number of hydrogen-bond donors (Lipinski definition) is 1. The number of hydroxylamine groups is 1. The van der Waals surface area contributed by atoms with Gasteiger partial charge in [-0.25, -0.2) is 0 Å². The Morgan fingerprint density at radius 1 is 1.29 bits per heavy atom.